The summed E-state index contributed by atoms with van der Waals surface area (Å²) >= 11 is 6.08. The summed E-state index contributed by atoms with van der Waals surface area (Å²) in [5.74, 6) is -1.33. The lowest BCUT2D eigenvalue weighted by Gasteiger charge is -2.22. The van der Waals surface area contributed by atoms with Crippen molar-refractivity contribution in [3.63, 3.8) is 0 Å². The standard InChI is InChI=1S/C20H19ClN2O4/c1-12-9-13-5-3-4-6-17(13)23(12)19(25)11-18(24)22-16-10-14(20(26)27-2)7-8-15(16)21/h3-8,10,12H,9,11H2,1-2H3,(H,22,24). The first-order valence-corrected chi connectivity index (χ1v) is 8.86. The van der Waals surface area contributed by atoms with E-state index in [1.807, 2.05) is 31.2 Å². The van der Waals surface area contributed by atoms with E-state index in [1.165, 1.54) is 25.3 Å². The maximum Gasteiger partial charge on any atom is 0.337 e. The Hall–Kier alpha value is -2.86. The molecule has 6 nitrogen and oxygen atoms in total. The van der Waals surface area contributed by atoms with Gasteiger partial charge >= 0.3 is 5.97 Å². The van der Waals surface area contributed by atoms with E-state index in [2.05, 4.69) is 10.1 Å². The number of methoxy groups -OCH3 is 1. The molecular weight excluding hydrogens is 368 g/mol. The highest BCUT2D eigenvalue weighted by molar-refractivity contribution is 6.34. The second-order valence-corrected chi connectivity index (χ2v) is 6.76. The van der Waals surface area contributed by atoms with Crippen LogP contribution >= 0.6 is 11.6 Å². The Morgan fingerprint density at radius 1 is 1.22 bits per heavy atom. The number of benzene rings is 2. The summed E-state index contributed by atoms with van der Waals surface area (Å²) in [7, 11) is 1.27. The van der Waals surface area contributed by atoms with Crippen molar-refractivity contribution in [1.29, 1.82) is 0 Å². The van der Waals surface area contributed by atoms with Crippen molar-refractivity contribution in [2.45, 2.75) is 25.8 Å². The van der Waals surface area contributed by atoms with E-state index in [1.54, 1.807) is 4.90 Å². The van der Waals surface area contributed by atoms with Gasteiger partial charge in [0.2, 0.25) is 11.8 Å². The van der Waals surface area contributed by atoms with Crippen molar-refractivity contribution in [1.82, 2.24) is 0 Å². The lowest BCUT2D eigenvalue weighted by atomic mass is 10.1. The number of nitrogens with zero attached hydrogens (tertiary/aromatic N) is 1. The molecule has 2 aromatic rings. The number of esters is 1. The first-order chi connectivity index (χ1) is 12.9. The molecule has 1 heterocycles. The van der Waals surface area contributed by atoms with Gasteiger partial charge in [0.25, 0.3) is 0 Å². The molecule has 1 unspecified atom stereocenters. The molecular formula is C20H19ClN2O4. The highest BCUT2D eigenvalue weighted by Gasteiger charge is 2.31. The fourth-order valence-corrected chi connectivity index (χ4v) is 3.39. The van der Waals surface area contributed by atoms with Crippen LogP contribution < -0.4 is 10.2 Å². The summed E-state index contributed by atoms with van der Waals surface area (Å²) in [6, 6.07) is 12.1. The van der Waals surface area contributed by atoms with Gasteiger partial charge < -0.3 is 15.0 Å². The number of fused-ring (bicyclic) bond motifs is 1. The Morgan fingerprint density at radius 2 is 1.96 bits per heavy atom. The van der Waals surface area contributed by atoms with Gasteiger partial charge in [0.05, 0.1) is 23.4 Å². The second kappa shape index (κ2) is 7.80. The lowest BCUT2D eigenvalue weighted by Crippen LogP contribution is -2.37. The van der Waals surface area contributed by atoms with E-state index < -0.39 is 11.9 Å². The number of nitrogens with one attached hydrogen (secondary N) is 1. The molecule has 0 aromatic heterocycles. The molecule has 1 atom stereocenters. The van der Waals surface area contributed by atoms with Crippen LogP contribution in [0.3, 0.4) is 0 Å². The van der Waals surface area contributed by atoms with Gasteiger partial charge in [-0.1, -0.05) is 29.8 Å². The van der Waals surface area contributed by atoms with Gasteiger partial charge in [-0.25, -0.2) is 4.79 Å². The molecule has 3 rings (SSSR count). The zero-order valence-corrected chi connectivity index (χ0v) is 15.7. The third-order valence-corrected chi connectivity index (χ3v) is 4.78. The minimum Gasteiger partial charge on any atom is -0.465 e. The van der Waals surface area contributed by atoms with E-state index >= 15 is 0 Å². The topological polar surface area (TPSA) is 75.7 Å². The van der Waals surface area contributed by atoms with Crippen LogP contribution in [-0.4, -0.2) is 30.9 Å². The molecule has 0 spiro atoms. The predicted molar refractivity (Wildman–Crippen MR) is 103 cm³/mol. The highest BCUT2D eigenvalue weighted by Crippen LogP contribution is 2.32. The second-order valence-electron chi connectivity index (χ2n) is 6.36. The summed E-state index contributed by atoms with van der Waals surface area (Å²) < 4.78 is 4.66. The molecule has 1 N–H and O–H groups in total. The average Bonchev–Trinajstić information content (AvgIpc) is 2.98. The van der Waals surface area contributed by atoms with Crippen molar-refractivity contribution < 1.29 is 19.1 Å². The molecule has 0 bridgehead atoms. The van der Waals surface area contributed by atoms with E-state index in [0.717, 1.165) is 17.7 Å². The van der Waals surface area contributed by atoms with E-state index in [0.29, 0.717) is 0 Å². The molecule has 1 aliphatic heterocycles. The fraction of sp³-hybridized carbons (Fsp3) is 0.250. The van der Waals surface area contributed by atoms with Gasteiger partial charge in [0.15, 0.2) is 0 Å². The van der Waals surface area contributed by atoms with Crippen molar-refractivity contribution in [2.75, 3.05) is 17.3 Å². The third kappa shape index (κ3) is 3.95. The maximum absolute atomic E-state index is 12.7. The van der Waals surface area contributed by atoms with Crippen LogP contribution in [0.5, 0.6) is 0 Å². The Bertz CT molecular complexity index is 913. The van der Waals surface area contributed by atoms with Crippen LogP contribution in [-0.2, 0) is 20.7 Å². The quantitative estimate of drug-likeness (QED) is 0.645. The van der Waals surface area contributed by atoms with Crippen LogP contribution in [0.25, 0.3) is 0 Å². The number of amides is 2. The molecule has 1 aliphatic rings. The van der Waals surface area contributed by atoms with E-state index in [-0.39, 0.29) is 34.6 Å². The number of para-hydroxylation sites is 1. The number of carbonyl (C=O) groups is 3. The number of hydrogen-bond acceptors (Lipinski definition) is 4. The van der Waals surface area contributed by atoms with Gasteiger partial charge in [-0.05, 0) is 43.2 Å². The SMILES string of the molecule is COC(=O)c1ccc(Cl)c(NC(=O)CC(=O)N2c3ccccc3CC2C)c1. The summed E-state index contributed by atoms with van der Waals surface area (Å²) in [6.45, 7) is 1.95. The summed E-state index contributed by atoms with van der Waals surface area (Å²) in [5.41, 5.74) is 2.44. The Labute approximate surface area is 162 Å². The Balaban J connectivity index is 1.71. The van der Waals surface area contributed by atoms with Crippen LogP contribution in [0.15, 0.2) is 42.5 Å². The van der Waals surface area contributed by atoms with Gasteiger partial charge in [-0.3, -0.25) is 9.59 Å². The van der Waals surface area contributed by atoms with Crippen molar-refractivity contribution >= 4 is 40.8 Å². The van der Waals surface area contributed by atoms with Gasteiger partial charge in [0.1, 0.15) is 6.42 Å². The van der Waals surface area contributed by atoms with Crippen LogP contribution in [0.1, 0.15) is 29.3 Å². The number of ether oxygens (including phenoxy) is 1. The number of rotatable bonds is 4. The minimum atomic E-state index is -0.541. The molecule has 7 heteroatoms. The fourth-order valence-electron chi connectivity index (χ4n) is 3.23. The largest absolute Gasteiger partial charge is 0.465 e. The van der Waals surface area contributed by atoms with Gasteiger partial charge in [-0.15, -0.1) is 0 Å². The maximum atomic E-state index is 12.7. The number of halogens is 1. The molecule has 2 amide bonds. The zero-order chi connectivity index (χ0) is 19.6. The molecule has 0 saturated heterocycles. The third-order valence-electron chi connectivity index (χ3n) is 4.45. The minimum absolute atomic E-state index is 0.00561. The molecule has 27 heavy (non-hydrogen) atoms. The van der Waals surface area contributed by atoms with Gasteiger partial charge in [-0.2, -0.15) is 0 Å². The smallest absolute Gasteiger partial charge is 0.337 e. The van der Waals surface area contributed by atoms with Crippen LogP contribution in [0, 0.1) is 0 Å². The molecule has 0 saturated carbocycles. The van der Waals surface area contributed by atoms with Crippen LogP contribution in [0.4, 0.5) is 11.4 Å². The number of hydrogen-bond donors (Lipinski definition) is 1. The van der Waals surface area contributed by atoms with Crippen molar-refractivity contribution in [3.05, 3.63) is 58.6 Å². The normalized spacial score (nSPS) is 15.2. The summed E-state index contributed by atoms with van der Waals surface area (Å²) in [6.07, 6.45) is 0.438. The number of carbonyl (C=O) groups excluding carboxylic acids is 3. The molecule has 0 fully saturated rings. The Kier molecular flexibility index (Phi) is 5.46. The predicted octanol–water partition coefficient (Wildman–Crippen LogP) is 3.43. The van der Waals surface area contributed by atoms with E-state index in [9.17, 15) is 14.4 Å². The van der Waals surface area contributed by atoms with Crippen LogP contribution in [0.2, 0.25) is 5.02 Å². The van der Waals surface area contributed by atoms with Gasteiger partial charge in [0, 0.05) is 11.7 Å². The molecule has 0 aliphatic carbocycles. The monoisotopic (exact) mass is 386 g/mol. The first kappa shape index (κ1) is 18.9. The lowest BCUT2D eigenvalue weighted by molar-refractivity contribution is -0.125. The zero-order valence-electron chi connectivity index (χ0n) is 15.0. The Morgan fingerprint density at radius 3 is 2.70 bits per heavy atom. The molecule has 2 aromatic carbocycles. The molecule has 0 radical (unpaired) electrons. The number of anilines is 2. The van der Waals surface area contributed by atoms with E-state index in [4.69, 9.17) is 11.6 Å². The first-order valence-electron chi connectivity index (χ1n) is 8.48. The highest BCUT2D eigenvalue weighted by atomic mass is 35.5. The summed E-state index contributed by atoms with van der Waals surface area (Å²) in [4.78, 5) is 38.3. The van der Waals surface area contributed by atoms with Crippen molar-refractivity contribution in [2.24, 2.45) is 0 Å². The average molecular weight is 387 g/mol. The summed E-state index contributed by atoms with van der Waals surface area (Å²) in [5, 5.41) is 2.86. The van der Waals surface area contributed by atoms with Crippen molar-refractivity contribution in [3.8, 4) is 0 Å². The molecule has 140 valence electrons.